The summed E-state index contributed by atoms with van der Waals surface area (Å²) < 4.78 is 9.95. The molecule has 7 nitrogen and oxygen atoms in total. The van der Waals surface area contributed by atoms with Crippen LogP contribution < -0.4 is 0 Å². The molecule has 0 N–H and O–H groups in total. The van der Waals surface area contributed by atoms with Gasteiger partial charge in [-0.25, -0.2) is 4.98 Å². The number of aromatic nitrogens is 3. The van der Waals surface area contributed by atoms with Crippen LogP contribution in [0.3, 0.4) is 0 Å². The predicted octanol–water partition coefficient (Wildman–Crippen LogP) is 4.68. The van der Waals surface area contributed by atoms with Gasteiger partial charge in [-0.1, -0.05) is 42.5 Å². The van der Waals surface area contributed by atoms with Crippen LogP contribution in [0.5, 0.6) is 0 Å². The van der Waals surface area contributed by atoms with Crippen LogP contribution in [0.4, 0.5) is 0 Å². The minimum atomic E-state index is 0.108. The Hall–Kier alpha value is -3.42. The molecule has 1 aliphatic heterocycles. The lowest BCUT2D eigenvalue weighted by atomic mass is 9.97. The normalized spacial score (nSPS) is 14.5. The third-order valence-electron chi connectivity index (χ3n) is 7.34. The SMILES string of the molecule is CCOCCCn1c(Cn2cc(C(=O)N3CCN(C)CC3)c(-c3cccc4ccccc34)c2)cnc1C. The Labute approximate surface area is 219 Å². The molecule has 0 saturated carbocycles. The van der Waals surface area contributed by atoms with Crippen molar-refractivity contribution in [1.82, 2.24) is 23.9 Å². The number of imidazole rings is 1. The van der Waals surface area contributed by atoms with Crippen LogP contribution in [0.25, 0.3) is 21.9 Å². The Kier molecular flexibility index (Phi) is 7.72. The standard InChI is InChI=1S/C30H37N5O2/c1-4-37-18-8-13-35-23(2)31-19-25(35)20-33-21-28(27-12-7-10-24-9-5-6-11-26(24)27)29(22-33)30(36)34-16-14-32(3)15-17-34/h5-7,9-12,19,21-22H,4,8,13-18,20H2,1-3H3. The third kappa shape index (κ3) is 5.48. The number of benzene rings is 2. The number of piperazine rings is 1. The first kappa shape index (κ1) is 25.2. The number of amides is 1. The second-order valence-electron chi connectivity index (χ2n) is 9.88. The number of ether oxygens (including phenoxy) is 1. The monoisotopic (exact) mass is 499 g/mol. The summed E-state index contributed by atoms with van der Waals surface area (Å²) in [4.78, 5) is 22.7. The van der Waals surface area contributed by atoms with Gasteiger partial charge in [0.05, 0.1) is 24.0 Å². The van der Waals surface area contributed by atoms with Crippen molar-refractivity contribution in [1.29, 1.82) is 0 Å². The topological polar surface area (TPSA) is 55.5 Å². The van der Waals surface area contributed by atoms with Crippen molar-refractivity contribution in [3.63, 3.8) is 0 Å². The molecule has 0 atom stereocenters. The minimum Gasteiger partial charge on any atom is -0.382 e. The number of likely N-dealkylation sites (N-methyl/N-ethyl adjacent to an activating group) is 1. The molecule has 4 aromatic rings. The zero-order valence-corrected chi connectivity index (χ0v) is 22.2. The highest BCUT2D eigenvalue weighted by atomic mass is 16.5. The Morgan fingerprint density at radius 2 is 1.78 bits per heavy atom. The summed E-state index contributed by atoms with van der Waals surface area (Å²) in [6, 6.07) is 14.7. The molecule has 5 rings (SSSR count). The Balaban J connectivity index is 1.50. The second-order valence-corrected chi connectivity index (χ2v) is 9.88. The minimum absolute atomic E-state index is 0.108. The molecule has 3 heterocycles. The van der Waals surface area contributed by atoms with Crippen LogP contribution in [0, 0.1) is 6.92 Å². The van der Waals surface area contributed by atoms with Gasteiger partial charge in [-0.05, 0) is 43.7 Å². The van der Waals surface area contributed by atoms with E-state index < -0.39 is 0 Å². The van der Waals surface area contributed by atoms with Gasteiger partial charge in [0.15, 0.2) is 0 Å². The van der Waals surface area contributed by atoms with Crippen LogP contribution in [-0.2, 0) is 17.8 Å². The molecule has 194 valence electrons. The zero-order chi connectivity index (χ0) is 25.8. The Bertz CT molecular complexity index is 1360. The van der Waals surface area contributed by atoms with E-state index in [0.29, 0.717) is 6.54 Å². The number of hydrogen-bond donors (Lipinski definition) is 0. The van der Waals surface area contributed by atoms with E-state index in [2.05, 4.69) is 74.7 Å². The van der Waals surface area contributed by atoms with E-state index in [-0.39, 0.29) is 5.91 Å². The number of nitrogens with zero attached hydrogens (tertiary/aromatic N) is 5. The van der Waals surface area contributed by atoms with Crippen LogP contribution in [0.15, 0.2) is 61.1 Å². The van der Waals surface area contributed by atoms with Crippen molar-refractivity contribution >= 4 is 16.7 Å². The fraction of sp³-hybridized carbons (Fsp3) is 0.400. The summed E-state index contributed by atoms with van der Waals surface area (Å²) in [5, 5.41) is 2.33. The molecule has 0 aliphatic carbocycles. The van der Waals surface area contributed by atoms with Gasteiger partial charge in [0, 0.05) is 63.9 Å². The first-order valence-corrected chi connectivity index (χ1v) is 13.3. The van der Waals surface area contributed by atoms with Crippen molar-refractivity contribution in [2.24, 2.45) is 0 Å². The Morgan fingerprint density at radius 1 is 1.00 bits per heavy atom. The second kappa shape index (κ2) is 11.3. The lowest BCUT2D eigenvalue weighted by molar-refractivity contribution is 0.0665. The summed E-state index contributed by atoms with van der Waals surface area (Å²) in [6.07, 6.45) is 7.07. The van der Waals surface area contributed by atoms with Gasteiger partial charge in [-0.2, -0.15) is 0 Å². The fourth-order valence-electron chi connectivity index (χ4n) is 5.23. The number of carbonyl (C=O) groups is 1. The van der Waals surface area contributed by atoms with Gasteiger partial charge >= 0.3 is 0 Å². The average molecular weight is 500 g/mol. The molecule has 0 radical (unpaired) electrons. The summed E-state index contributed by atoms with van der Waals surface area (Å²) in [5.41, 5.74) is 3.97. The fourth-order valence-corrected chi connectivity index (χ4v) is 5.23. The molecule has 7 heteroatoms. The van der Waals surface area contributed by atoms with Crippen LogP contribution >= 0.6 is 0 Å². The van der Waals surface area contributed by atoms with Crippen molar-refractivity contribution in [3.05, 3.63) is 78.1 Å². The number of aryl methyl sites for hydroxylation is 1. The van der Waals surface area contributed by atoms with Crippen molar-refractivity contribution in [3.8, 4) is 11.1 Å². The van der Waals surface area contributed by atoms with E-state index in [4.69, 9.17) is 4.74 Å². The molecule has 1 aliphatic rings. The summed E-state index contributed by atoms with van der Waals surface area (Å²) in [7, 11) is 2.11. The van der Waals surface area contributed by atoms with E-state index in [9.17, 15) is 4.79 Å². The van der Waals surface area contributed by atoms with Crippen LogP contribution in [-0.4, -0.2) is 76.3 Å². The first-order valence-electron chi connectivity index (χ1n) is 13.3. The van der Waals surface area contributed by atoms with E-state index in [0.717, 1.165) is 86.0 Å². The number of carbonyl (C=O) groups excluding carboxylic acids is 1. The summed E-state index contributed by atoms with van der Waals surface area (Å²) in [6.45, 7) is 10.4. The van der Waals surface area contributed by atoms with E-state index in [1.807, 2.05) is 31.1 Å². The third-order valence-corrected chi connectivity index (χ3v) is 7.34. The highest BCUT2D eigenvalue weighted by molar-refractivity contribution is 6.06. The summed E-state index contributed by atoms with van der Waals surface area (Å²) >= 11 is 0. The molecule has 1 amide bonds. The summed E-state index contributed by atoms with van der Waals surface area (Å²) in [5.74, 6) is 1.11. The molecular formula is C30H37N5O2. The highest BCUT2D eigenvalue weighted by Crippen LogP contribution is 2.33. The molecule has 2 aromatic carbocycles. The van der Waals surface area contributed by atoms with Crippen LogP contribution in [0.2, 0.25) is 0 Å². The molecule has 1 fully saturated rings. The van der Waals surface area contributed by atoms with Gasteiger partial charge in [-0.15, -0.1) is 0 Å². The van der Waals surface area contributed by atoms with Gasteiger partial charge in [0.1, 0.15) is 5.82 Å². The van der Waals surface area contributed by atoms with Gasteiger partial charge in [-0.3, -0.25) is 4.79 Å². The van der Waals surface area contributed by atoms with Crippen molar-refractivity contribution in [2.75, 3.05) is 46.4 Å². The molecule has 1 saturated heterocycles. The largest absolute Gasteiger partial charge is 0.382 e. The number of hydrogen-bond acceptors (Lipinski definition) is 4. The maximum absolute atomic E-state index is 13.8. The van der Waals surface area contributed by atoms with E-state index >= 15 is 0 Å². The van der Waals surface area contributed by atoms with Crippen molar-refractivity contribution < 1.29 is 9.53 Å². The molecule has 37 heavy (non-hydrogen) atoms. The van der Waals surface area contributed by atoms with Gasteiger partial charge < -0.3 is 23.7 Å². The molecule has 0 spiro atoms. The first-order chi connectivity index (χ1) is 18.0. The number of rotatable bonds is 9. The zero-order valence-electron chi connectivity index (χ0n) is 22.2. The highest BCUT2D eigenvalue weighted by Gasteiger charge is 2.25. The molecular weight excluding hydrogens is 462 g/mol. The maximum Gasteiger partial charge on any atom is 0.256 e. The van der Waals surface area contributed by atoms with Gasteiger partial charge in [0.2, 0.25) is 0 Å². The maximum atomic E-state index is 13.8. The van der Waals surface area contributed by atoms with Crippen molar-refractivity contribution in [2.45, 2.75) is 33.4 Å². The smallest absolute Gasteiger partial charge is 0.256 e. The van der Waals surface area contributed by atoms with E-state index in [1.165, 1.54) is 5.39 Å². The molecule has 2 aromatic heterocycles. The molecule has 0 bridgehead atoms. The molecule has 0 unspecified atom stereocenters. The average Bonchev–Trinajstić information content (AvgIpc) is 3.49. The van der Waals surface area contributed by atoms with Gasteiger partial charge in [0.25, 0.3) is 5.91 Å². The quantitative estimate of drug-likeness (QED) is 0.314. The van der Waals surface area contributed by atoms with E-state index in [1.54, 1.807) is 0 Å². The van der Waals surface area contributed by atoms with Crippen LogP contribution in [0.1, 0.15) is 35.2 Å². The predicted molar refractivity (Wildman–Crippen MR) is 148 cm³/mol. The number of fused-ring (bicyclic) bond motifs is 1. The lowest BCUT2D eigenvalue weighted by Crippen LogP contribution is -2.47. The Morgan fingerprint density at radius 3 is 2.59 bits per heavy atom. The lowest BCUT2D eigenvalue weighted by Gasteiger charge is -2.32.